The van der Waals surface area contributed by atoms with Crippen LogP contribution in [0.2, 0.25) is 0 Å². The lowest BCUT2D eigenvalue weighted by atomic mass is 10.1. The van der Waals surface area contributed by atoms with Gasteiger partial charge in [0, 0.05) is 25.2 Å². The van der Waals surface area contributed by atoms with Crippen molar-refractivity contribution in [2.75, 3.05) is 19.6 Å². The van der Waals surface area contributed by atoms with Gasteiger partial charge in [-0.3, -0.25) is 4.90 Å². The molecule has 0 bridgehead atoms. The smallest absolute Gasteiger partial charge is 0.0205 e. The van der Waals surface area contributed by atoms with Crippen LogP contribution < -0.4 is 5.32 Å². The molecule has 0 saturated carbocycles. The van der Waals surface area contributed by atoms with Crippen LogP contribution in [0, 0.1) is 0 Å². The Hall–Kier alpha value is -0.340. The van der Waals surface area contributed by atoms with Gasteiger partial charge < -0.3 is 5.32 Å². The molecule has 0 heterocycles. The first-order valence-electron chi connectivity index (χ1n) is 7.15. The highest BCUT2D eigenvalue weighted by Gasteiger charge is 2.12. The standard InChI is InChI=1S/C15H32N2/c1-7-9-10-17(15(6)8-2)12-14(5)11-16-13(3)4/h13,15-16H,5,7-12H2,1-4,6H3. The van der Waals surface area contributed by atoms with Gasteiger partial charge in [-0.25, -0.2) is 0 Å². The van der Waals surface area contributed by atoms with E-state index in [0.29, 0.717) is 12.1 Å². The van der Waals surface area contributed by atoms with Crippen LogP contribution in [0.4, 0.5) is 0 Å². The topological polar surface area (TPSA) is 15.3 Å². The predicted molar refractivity (Wildman–Crippen MR) is 78.5 cm³/mol. The Kier molecular flexibility index (Phi) is 9.47. The van der Waals surface area contributed by atoms with Crippen LogP contribution in [0.3, 0.4) is 0 Å². The molecular formula is C15H32N2. The average Bonchev–Trinajstić information content (AvgIpc) is 2.30. The van der Waals surface area contributed by atoms with E-state index >= 15 is 0 Å². The molecule has 0 radical (unpaired) electrons. The SMILES string of the molecule is C=C(CNC(C)C)CN(CCCC)C(C)CC. The molecule has 0 aliphatic rings. The third kappa shape index (κ3) is 8.39. The fourth-order valence-electron chi connectivity index (χ4n) is 1.77. The molecule has 0 aliphatic carbocycles. The Bertz CT molecular complexity index is 199. The van der Waals surface area contributed by atoms with Crippen molar-refractivity contribution < 1.29 is 0 Å². The van der Waals surface area contributed by atoms with Gasteiger partial charge in [0.05, 0.1) is 0 Å². The summed E-state index contributed by atoms with van der Waals surface area (Å²) in [5.41, 5.74) is 1.30. The summed E-state index contributed by atoms with van der Waals surface area (Å²) in [6.45, 7) is 18.6. The third-order valence-corrected chi connectivity index (χ3v) is 3.20. The lowest BCUT2D eigenvalue weighted by Crippen LogP contribution is -2.37. The molecule has 1 N–H and O–H groups in total. The molecular weight excluding hydrogens is 208 g/mol. The highest BCUT2D eigenvalue weighted by Crippen LogP contribution is 2.08. The zero-order valence-corrected chi connectivity index (χ0v) is 12.6. The van der Waals surface area contributed by atoms with Crippen LogP contribution in [-0.4, -0.2) is 36.6 Å². The van der Waals surface area contributed by atoms with E-state index in [2.05, 4.69) is 51.4 Å². The fraction of sp³-hybridized carbons (Fsp3) is 0.867. The van der Waals surface area contributed by atoms with Gasteiger partial charge in [0.1, 0.15) is 0 Å². The van der Waals surface area contributed by atoms with E-state index in [1.165, 1.54) is 31.4 Å². The van der Waals surface area contributed by atoms with Gasteiger partial charge in [0.2, 0.25) is 0 Å². The van der Waals surface area contributed by atoms with Crippen molar-refractivity contribution in [1.29, 1.82) is 0 Å². The van der Waals surface area contributed by atoms with Gasteiger partial charge in [-0.2, -0.15) is 0 Å². The summed E-state index contributed by atoms with van der Waals surface area (Å²) in [6.07, 6.45) is 3.77. The maximum Gasteiger partial charge on any atom is 0.0205 e. The molecule has 0 saturated heterocycles. The van der Waals surface area contributed by atoms with Gasteiger partial charge in [0.15, 0.2) is 0 Å². The minimum absolute atomic E-state index is 0.541. The van der Waals surface area contributed by atoms with Crippen molar-refractivity contribution >= 4 is 0 Å². The molecule has 0 aromatic rings. The Labute approximate surface area is 108 Å². The van der Waals surface area contributed by atoms with E-state index in [0.717, 1.165) is 13.1 Å². The molecule has 0 aliphatic heterocycles. The molecule has 0 rings (SSSR count). The van der Waals surface area contributed by atoms with Gasteiger partial charge in [-0.1, -0.05) is 40.7 Å². The molecule has 17 heavy (non-hydrogen) atoms. The quantitative estimate of drug-likeness (QED) is 0.588. The van der Waals surface area contributed by atoms with E-state index in [9.17, 15) is 0 Å². The number of nitrogens with one attached hydrogen (secondary N) is 1. The second-order valence-corrected chi connectivity index (χ2v) is 5.37. The van der Waals surface area contributed by atoms with Gasteiger partial charge >= 0.3 is 0 Å². The summed E-state index contributed by atoms with van der Waals surface area (Å²) < 4.78 is 0. The summed E-state index contributed by atoms with van der Waals surface area (Å²) in [5, 5.41) is 3.44. The molecule has 2 nitrogen and oxygen atoms in total. The highest BCUT2D eigenvalue weighted by atomic mass is 15.1. The molecule has 1 atom stereocenters. The monoisotopic (exact) mass is 240 g/mol. The highest BCUT2D eigenvalue weighted by molar-refractivity contribution is 5.00. The number of unbranched alkanes of at least 4 members (excludes halogenated alkanes) is 1. The predicted octanol–water partition coefficient (Wildman–Crippen LogP) is 3.44. The van der Waals surface area contributed by atoms with Crippen LogP contribution in [0.25, 0.3) is 0 Å². The second-order valence-electron chi connectivity index (χ2n) is 5.37. The molecule has 1 unspecified atom stereocenters. The first kappa shape index (κ1) is 16.7. The van der Waals surface area contributed by atoms with Crippen molar-refractivity contribution in [2.45, 2.75) is 66.0 Å². The summed E-state index contributed by atoms with van der Waals surface area (Å²) >= 11 is 0. The maximum absolute atomic E-state index is 4.19. The van der Waals surface area contributed by atoms with Crippen molar-refractivity contribution in [3.8, 4) is 0 Å². The van der Waals surface area contributed by atoms with Crippen LogP contribution in [0.15, 0.2) is 12.2 Å². The van der Waals surface area contributed by atoms with E-state index in [1.807, 2.05) is 0 Å². The summed E-state index contributed by atoms with van der Waals surface area (Å²) in [4.78, 5) is 2.56. The number of hydrogen-bond donors (Lipinski definition) is 1. The Morgan fingerprint density at radius 1 is 1.24 bits per heavy atom. The third-order valence-electron chi connectivity index (χ3n) is 3.20. The van der Waals surface area contributed by atoms with E-state index < -0.39 is 0 Å². The van der Waals surface area contributed by atoms with E-state index in [4.69, 9.17) is 0 Å². The molecule has 0 fully saturated rings. The largest absolute Gasteiger partial charge is 0.311 e. The molecule has 0 spiro atoms. The molecule has 0 aromatic heterocycles. The minimum atomic E-state index is 0.541. The number of rotatable bonds is 10. The first-order chi connectivity index (χ1) is 8.01. The van der Waals surface area contributed by atoms with Crippen molar-refractivity contribution in [3.63, 3.8) is 0 Å². The van der Waals surface area contributed by atoms with Crippen LogP contribution in [0.5, 0.6) is 0 Å². The zero-order valence-electron chi connectivity index (χ0n) is 12.6. The van der Waals surface area contributed by atoms with Crippen molar-refractivity contribution in [1.82, 2.24) is 10.2 Å². The fourth-order valence-corrected chi connectivity index (χ4v) is 1.77. The Morgan fingerprint density at radius 2 is 1.88 bits per heavy atom. The summed E-state index contributed by atoms with van der Waals surface area (Å²) in [7, 11) is 0. The van der Waals surface area contributed by atoms with Crippen LogP contribution in [-0.2, 0) is 0 Å². The van der Waals surface area contributed by atoms with Crippen molar-refractivity contribution in [3.05, 3.63) is 12.2 Å². The molecule has 0 aromatic carbocycles. The summed E-state index contributed by atoms with van der Waals surface area (Å²) in [5.74, 6) is 0. The summed E-state index contributed by atoms with van der Waals surface area (Å²) in [6, 6.07) is 1.21. The number of nitrogens with zero attached hydrogens (tertiary/aromatic N) is 1. The lowest BCUT2D eigenvalue weighted by molar-refractivity contribution is 0.216. The maximum atomic E-state index is 4.19. The lowest BCUT2D eigenvalue weighted by Gasteiger charge is -2.29. The first-order valence-corrected chi connectivity index (χ1v) is 7.15. The Balaban J connectivity index is 4.08. The Morgan fingerprint density at radius 3 is 2.35 bits per heavy atom. The zero-order chi connectivity index (χ0) is 13.3. The van der Waals surface area contributed by atoms with E-state index in [-0.39, 0.29) is 0 Å². The minimum Gasteiger partial charge on any atom is -0.311 e. The van der Waals surface area contributed by atoms with Crippen LogP contribution in [0.1, 0.15) is 53.9 Å². The van der Waals surface area contributed by atoms with Crippen molar-refractivity contribution in [2.24, 2.45) is 0 Å². The van der Waals surface area contributed by atoms with E-state index in [1.54, 1.807) is 0 Å². The van der Waals surface area contributed by atoms with Gasteiger partial charge in [-0.05, 0) is 31.9 Å². The molecule has 2 heteroatoms. The molecule has 0 amide bonds. The van der Waals surface area contributed by atoms with Gasteiger partial charge in [0.25, 0.3) is 0 Å². The second kappa shape index (κ2) is 9.67. The molecule has 102 valence electrons. The van der Waals surface area contributed by atoms with Gasteiger partial charge in [-0.15, -0.1) is 0 Å². The van der Waals surface area contributed by atoms with Crippen LogP contribution >= 0.6 is 0 Å². The normalized spacial score (nSPS) is 13.4. The number of hydrogen-bond acceptors (Lipinski definition) is 2. The average molecular weight is 240 g/mol.